The summed E-state index contributed by atoms with van der Waals surface area (Å²) in [4.78, 5) is 24.8. The van der Waals surface area contributed by atoms with Crippen molar-refractivity contribution >= 4 is 11.9 Å². The lowest BCUT2D eigenvalue weighted by Gasteiger charge is -2.32. The Labute approximate surface area is 93.8 Å². The maximum Gasteiger partial charge on any atom is 0.333 e. The van der Waals surface area contributed by atoms with E-state index in [1.54, 1.807) is 7.05 Å². The largest absolute Gasteiger partial charge is 0.467 e. The first-order valence-electron chi connectivity index (χ1n) is 5.06. The standard InChI is InChI=1S/C12H13NO3/c1-13-10(14)7-8-5-3-4-6-9(8)11(13)12(15)16-2/h3-6,11H,7H2,1-2H3. The minimum atomic E-state index is -0.609. The molecule has 0 bridgehead atoms. The molecule has 1 amide bonds. The van der Waals surface area contributed by atoms with Gasteiger partial charge >= 0.3 is 5.97 Å². The van der Waals surface area contributed by atoms with Crippen molar-refractivity contribution in [3.8, 4) is 0 Å². The van der Waals surface area contributed by atoms with Crippen molar-refractivity contribution in [3.05, 3.63) is 35.4 Å². The molecular formula is C12H13NO3. The normalized spacial score (nSPS) is 19.2. The average molecular weight is 219 g/mol. The van der Waals surface area contributed by atoms with Crippen molar-refractivity contribution in [1.29, 1.82) is 0 Å². The second kappa shape index (κ2) is 3.96. The van der Waals surface area contributed by atoms with Gasteiger partial charge in [-0.3, -0.25) is 4.79 Å². The van der Waals surface area contributed by atoms with Crippen molar-refractivity contribution in [1.82, 2.24) is 4.90 Å². The number of carbonyl (C=O) groups is 2. The van der Waals surface area contributed by atoms with Crippen molar-refractivity contribution in [2.45, 2.75) is 12.5 Å². The molecule has 0 fully saturated rings. The number of amides is 1. The van der Waals surface area contributed by atoms with Crippen LogP contribution < -0.4 is 0 Å². The van der Waals surface area contributed by atoms with E-state index in [9.17, 15) is 9.59 Å². The number of carbonyl (C=O) groups excluding carboxylic acids is 2. The Balaban J connectivity index is 2.50. The van der Waals surface area contributed by atoms with Gasteiger partial charge < -0.3 is 9.64 Å². The highest BCUT2D eigenvalue weighted by molar-refractivity contribution is 5.89. The number of nitrogens with zero attached hydrogens (tertiary/aromatic N) is 1. The van der Waals surface area contributed by atoms with E-state index in [2.05, 4.69) is 0 Å². The van der Waals surface area contributed by atoms with Gasteiger partial charge in [0.2, 0.25) is 5.91 Å². The number of ether oxygens (including phenoxy) is 1. The molecule has 1 unspecified atom stereocenters. The molecule has 84 valence electrons. The Bertz CT molecular complexity index is 442. The summed E-state index contributed by atoms with van der Waals surface area (Å²) >= 11 is 0. The van der Waals surface area contributed by atoms with E-state index in [4.69, 9.17) is 4.74 Å². The lowest BCUT2D eigenvalue weighted by atomic mass is 9.92. The predicted molar refractivity (Wildman–Crippen MR) is 57.7 cm³/mol. The van der Waals surface area contributed by atoms with Crippen LogP contribution in [0.15, 0.2) is 24.3 Å². The molecule has 0 spiro atoms. The van der Waals surface area contributed by atoms with Crippen molar-refractivity contribution in [3.63, 3.8) is 0 Å². The molecule has 1 aromatic carbocycles. The van der Waals surface area contributed by atoms with E-state index in [0.29, 0.717) is 6.42 Å². The summed E-state index contributed by atoms with van der Waals surface area (Å²) in [5.74, 6) is -0.461. The summed E-state index contributed by atoms with van der Waals surface area (Å²) in [5, 5.41) is 0. The second-order valence-corrected chi connectivity index (χ2v) is 3.81. The van der Waals surface area contributed by atoms with E-state index in [0.717, 1.165) is 11.1 Å². The maximum absolute atomic E-state index is 11.7. The van der Waals surface area contributed by atoms with Gasteiger partial charge in [-0.2, -0.15) is 0 Å². The monoisotopic (exact) mass is 219 g/mol. The van der Waals surface area contributed by atoms with Crippen LogP contribution in [-0.2, 0) is 20.7 Å². The predicted octanol–water partition coefficient (Wildman–Crippen LogP) is 0.915. The van der Waals surface area contributed by atoms with Crippen molar-refractivity contribution in [2.24, 2.45) is 0 Å². The topological polar surface area (TPSA) is 46.6 Å². The first-order valence-corrected chi connectivity index (χ1v) is 5.06. The van der Waals surface area contributed by atoms with E-state index >= 15 is 0 Å². The van der Waals surface area contributed by atoms with Gasteiger partial charge in [-0.25, -0.2) is 4.79 Å². The minimum absolute atomic E-state index is 0.0610. The highest BCUT2D eigenvalue weighted by atomic mass is 16.5. The molecule has 1 aliphatic heterocycles. The summed E-state index contributed by atoms with van der Waals surface area (Å²) in [6, 6.07) is 6.85. The number of hydrogen-bond donors (Lipinski definition) is 0. The number of esters is 1. The number of methoxy groups -OCH3 is 1. The van der Waals surface area contributed by atoms with E-state index in [1.807, 2.05) is 24.3 Å². The third-order valence-corrected chi connectivity index (χ3v) is 2.90. The SMILES string of the molecule is COC(=O)C1c2ccccc2CC(=O)N1C. The summed E-state index contributed by atoms with van der Waals surface area (Å²) in [5.41, 5.74) is 1.76. The van der Waals surface area contributed by atoms with Gasteiger partial charge in [0, 0.05) is 7.05 Å². The van der Waals surface area contributed by atoms with Crippen LogP contribution in [0.25, 0.3) is 0 Å². The Hall–Kier alpha value is -1.84. The molecule has 2 rings (SSSR count). The van der Waals surface area contributed by atoms with Crippen LogP contribution >= 0.6 is 0 Å². The van der Waals surface area contributed by atoms with Crippen LogP contribution in [0.5, 0.6) is 0 Å². The highest BCUT2D eigenvalue weighted by Gasteiger charge is 2.35. The number of rotatable bonds is 1. The summed E-state index contributed by atoms with van der Waals surface area (Å²) in [6.45, 7) is 0. The molecule has 4 heteroatoms. The number of hydrogen-bond acceptors (Lipinski definition) is 3. The molecule has 0 N–H and O–H groups in total. The zero-order valence-electron chi connectivity index (χ0n) is 9.27. The van der Waals surface area contributed by atoms with Crippen LogP contribution in [0, 0.1) is 0 Å². The molecule has 1 aliphatic rings. The zero-order valence-corrected chi connectivity index (χ0v) is 9.27. The fraction of sp³-hybridized carbons (Fsp3) is 0.333. The Morgan fingerprint density at radius 1 is 1.44 bits per heavy atom. The van der Waals surface area contributed by atoms with Crippen LogP contribution in [0.3, 0.4) is 0 Å². The maximum atomic E-state index is 11.7. The van der Waals surface area contributed by atoms with Crippen LogP contribution in [0.2, 0.25) is 0 Å². The quantitative estimate of drug-likeness (QED) is 0.660. The number of likely N-dealkylation sites (N-methyl/N-ethyl adjacent to an activating group) is 1. The summed E-state index contributed by atoms with van der Waals surface area (Å²) in [6.07, 6.45) is 0.347. The van der Waals surface area contributed by atoms with E-state index in [1.165, 1.54) is 12.0 Å². The van der Waals surface area contributed by atoms with E-state index < -0.39 is 12.0 Å². The fourth-order valence-corrected chi connectivity index (χ4v) is 2.00. The van der Waals surface area contributed by atoms with Crippen molar-refractivity contribution in [2.75, 3.05) is 14.2 Å². The molecule has 0 saturated heterocycles. The van der Waals surface area contributed by atoms with Crippen LogP contribution in [-0.4, -0.2) is 30.9 Å². The number of benzene rings is 1. The van der Waals surface area contributed by atoms with Gasteiger partial charge in [0.15, 0.2) is 6.04 Å². The van der Waals surface area contributed by atoms with Gasteiger partial charge in [0.25, 0.3) is 0 Å². The Morgan fingerprint density at radius 2 is 2.12 bits per heavy atom. The molecule has 0 aromatic heterocycles. The van der Waals surface area contributed by atoms with Crippen LogP contribution in [0.4, 0.5) is 0 Å². The minimum Gasteiger partial charge on any atom is -0.467 e. The number of fused-ring (bicyclic) bond motifs is 1. The summed E-state index contributed by atoms with van der Waals surface area (Å²) in [7, 11) is 2.96. The highest BCUT2D eigenvalue weighted by Crippen LogP contribution is 2.29. The molecule has 1 aromatic rings. The van der Waals surface area contributed by atoms with E-state index in [-0.39, 0.29) is 5.91 Å². The molecule has 4 nitrogen and oxygen atoms in total. The lowest BCUT2D eigenvalue weighted by molar-refractivity contribution is -0.152. The molecule has 16 heavy (non-hydrogen) atoms. The van der Waals surface area contributed by atoms with Crippen LogP contribution in [0.1, 0.15) is 17.2 Å². The lowest BCUT2D eigenvalue weighted by Crippen LogP contribution is -2.41. The molecule has 1 atom stereocenters. The smallest absolute Gasteiger partial charge is 0.333 e. The van der Waals surface area contributed by atoms with Gasteiger partial charge in [0.05, 0.1) is 13.5 Å². The molecule has 0 radical (unpaired) electrons. The molecule has 1 heterocycles. The second-order valence-electron chi connectivity index (χ2n) is 3.81. The Kier molecular flexibility index (Phi) is 2.64. The third kappa shape index (κ3) is 1.56. The van der Waals surface area contributed by atoms with Gasteiger partial charge in [-0.1, -0.05) is 24.3 Å². The fourth-order valence-electron chi connectivity index (χ4n) is 2.00. The molecule has 0 aliphatic carbocycles. The van der Waals surface area contributed by atoms with Gasteiger partial charge in [0.1, 0.15) is 0 Å². The Morgan fingerprint density at radius 3 is 2.81 bits per heavy atom. The molecular weight excluding hydrogens is 206 g/mol. The first-order chi connectivity index (χ1) is 7.65. The average Bonchev–Trinajstić information content (AvgIpc) is 2.30. The zero-order chi connectivity index (χ0) is 11.7. The summed E-state index contributed by atoms with van der Waals surface area (Å²) < 4.78 is 4.73. The third-order valence-electron chi connectivity index (χ3n) is 2.90. The van der Waals surface area contributed by atoms with Gasteiger partial charge in [-0.15, -0.1) is 0 Å². The van der Waals surface area contributed by atoms with Crippen molar-refractivity contribution < 1.29 is 14.3 Å². The first kappa shape index (κ1) is 10.7. The van der Waals surface area contributed by atoms with Gasteiger partial charge in [-0.05, 0) is 11.1 Å². The molecule has 0 saturated carbocycles.